The van der Waals surface area contributed by atoms with Gasteiger partial charge in [0, 0.05) is 25.2 Å². The van der Waals surface area contributed by atoms with Crippen molar-refractivity contribution in [3.8, 4) is 5.75 Å². The van der Waals surface area contributed by atoms with Crippen molar-refractivity contribution in [3.63, 3.8) is 0 Å². The van der Waals surface area contributed by atoms with Gasteiger partial charge in [-0.2, -0.15) is 0 Å². The Bertz CT molecular complexity index is 918. The van der Waals surface area contributed by atoms with Gasteiger partial charge >= 0.3 is 0 Å². The highest BCUT2D eigenvalue weighted by Crippen LogP contribution is 2.18. The largest absolute Gasteiger partial charge is 0.489 e. The fourth-order valence-electron chi connectivity index (χ4n) is 2.90. The number of rotatable bonds is 6. The first-order chi connectivity index (χ1) is 13.2. The third-order valence-corrected chi connectivity index (χ3v) is 4.39. The van der Waals surface area contributed by atoms with Crippen molar-refractivity contribution < 1.29 is 4.74 Å². The van der Waals surface area contributed by atoms with Crippen LogP contribution in [0.4, 0.5) is 0 Å². The average Bonchev–Trinajstić information content (AvgIpc) is 2.70. The smallest absolute Gasteiger partial charge is 0.191 e. The van der Waals surface area contributed by atoms with Crippen LogP contribution in [-0.4, -0.2) is 30.6 Å². The summed E-state index contributed by atoms with van der Waals surface area (Å²) < 4.78 is 6.01. The molecule has 0 saturated carbocycles. The molecule has 1 atom stereocenters. The van der Waals surface area contributed by atoms with Gasteiger partial charge in [0.1, 0.15) is 11.9 Å². The number of ether oxygens (including phenoxy) is 1. The number of pyridine rings is 1. The Morgan fingerprint density at radius 2 is 1.85 bits per heavy atom. The number of benzene rings is 2. The molecule has 0 amide bonds. The summed E-state index contributed by atoms with van der Waals surface area (Å²) in [4.78, 5) is 8.71. The lowest BCUT2D eigenvalue weighted by Gasteiger charge is -2.19. The average molecular weight is 362 g/mol. The first kappa shape index (κ1) is 18.7. The Kier molecular flexibility index (Phi) is 6.26. The summed E-state index contributed by atoms with van der Waals surface area (Å²) in [6.07, 6.45) is 1.86. The molecule has 0 fully saturated rings. The number of nitrogens with zero attached hydrogens (tertiary/aromatic N) is 2. The predicted octanol–water partition coefficient (Wildman–Crippen LogP) is 3.68. The molecule has 140 valence electrons. The minimum Gasteiger partial charge on any atom is -0.489 e. The van der Waals surface area contributed by atoms with Crippen LogP contribution in [0.15, 0.2) is 65.8 Å². The topological polar surface area (TPSA) is 58.5 Å². The van der Waals surface area contributed by atoms with Crippen LogP contribution < -0.4 is 15.4 Å². The highest BCUT2D eigenvalue weighted by atomic mass is 16.5. The molecule has 2 N–H and O–H groups in total. The van der Waals surface area contributed by atoms with Crippen LogP contribution in [0.25, 0.3) is 10.9 Å². The number of aryl methyl sites for hydroxylation is 1. The molecule has 5 nitrogen and oxygen atoms in total. The van der Waals surface area contributed by atoms with E-state index in [1.54, 1.807) is 7.05 Å². The van der Waals surface area contributed by atoms with E-state index in [0.29, 0.717) is 13.1 Å². The van der Waals surface area contributed by atoms with E-state index >= 15 is 0 Å². The Labute approximate surface area is 160 Å². The maximum absolute atomic E-state index is 6.01. The lowest BCUT2D eigenvalue weighted by Crippen LogP contribution is -2.41. The zero-order valence-corrected chi connectivity index (χ0v) is 16.1. The Morgan fingerprint density at radius 1 is 1.07 bits per heavy atom. The van der Waals surface area contributed by atoms with Crippen LogP contribution in [0.2, 0.25) is 0 Å². The summed E-state index contributed by atoms with van der Waals surface area (Å²) in [5.41, 5.74) is 3.32. The van der Waals surface area contributed by atoms with Crippen molar-refractivity contribution in [2.24, 2.45) is 4.99 Å². The maximum atomic E-state index is 6.01. The van der Waals surface area contributed by atoms with E-state index in [4.69, 9.17) is 4.74 Å². The summed E-state index contributed by atoms with van der Waals surface area (Å²) in [6.45, 7) is 5.43. The molecular formula is C22H26N4O. The summed E-state index contributed by atoms with van der Waals surface area (Å²) >= 11 is 0. The number of hydrogen-bond donors (Lipinski definition) is 2. The van der Waals surface area contributed by atoms with Crippen molar-refractivity contribution in [1.29, 1.82) is 0 Å². The molecule has 3 rings (SSSR count). The van der Waals surface area contributed by atoms with Crippen molar-refractivity contribution in [2.45, 2.75) is 26.5 Å². The number of aliphatic imine (C=N–C) groups is 1. The van der Waals surface area contributed by atoms with Gasteiger partial charge in [-0.15, -0.1) is 0 Å². The number of guanidine groups is 1. The van der Waals surface area contributed by atoms with Crippen molar-refractivity contribution in [1.82, 2.24) is 15.6 Å². The Balaban J connectivity index is 1.54. The van der Waals surface area contributed by atoms with Gasteiger partial charge in [-0.1, -0.05) is 36.4 Å². The molecule has 0 aliphatic rings. The maximum Gasteiger partial charge on any atom is 0.191 e. The zero-order chi connectivity index (χ0) is 19.1. The van der Waals surface area contributed by atoms with Crippen LogP contribution in [0, 0.1) is 6.92 Å². The normalized spacial score (nSPS) is 12.6. The highest BCUT2D eigenvalue weighted by molar-refractivity contribution is 5.83. The second kappa shape index (κ2) is 9.03. The van der Waals surface area contributed by atoms with Crippen LogP contribution in [-0.2, 0) is 6.54 Å². The first-order valence-corrected chi connectivity index (χ1v) is 9.17. The van der Waals surface area contributed by atoms with Gasteiger partial charge in [0.05, 0.1) is 12.1 Å². The van der Waals surface area contributed by atoms with Crippen molar-refractivity contribution in [2.75, 3.05) is 13.6 Å². The molecule has 1 aromatic heterocycles. The van der Waals surface area contributed by atoms with E-state index in [-0.39, 0.29) is 6.10 Å². The SMILES string of the molecule is CN=C(NCc1ccnc2ccccc12)NCC(C)Oc1ccccc1C. The first-order valence-electron chi connectivity index (χ1n) is 9.17. The minimum absolute atomic E-state index is 0.0198. The second-order valence-electron chi connectivity index (χ2n) is 6.49. The molecule has 0 radical (unpaired) electrons. The second-order valence-corrected chi connectivity index (χ2v) is 6.49. The van der Waals surface area contributed by atoms with E-state index < -0.39 is 0 Å². The van der Waals surface area contributed by atoms with Gasteiger partial charge in [-0.25, -0.2) is 0 Å². The molecule has 5 heteroatoms. The summed E-state index contributed by atoms with van der Waals surface area (Å²) in [5.74, 6) is 1.66. The third kappa shape index (κ3) is 4.97. The van der Waals surface area contributed by atoms with E-state index in [9.17, 15) is 0 Å². The quantitative estimate of drug-likeness (QED) is 0.519. The molecular weight excluding hydrogens is 336 g/mol. The van der Waals surface area contributed by atoms with Gasteiger partial charge in [-0.05, 0) is 43.2 Å². The summed E-state index contributed by atoms with van der Waals surface area (Å²) in [5, 5.41) is 7.84. The molecule has 27 heavy (non-hydrogen) atoms. The predicted molar refractivity (Wildman–Crippen MR) is 111 cm³/mol. The molecule has 0 aliphatic carbocycles. The van der Waals surface area contributed by atoms with Crippen molar-refractivity contribution >= 4 is 16.9 Å². The number of fused-ring (bicyclic) bond motifs is 1. The number of hydrogen-bond acceptors (Lipinski definition) is 3. The Hall–Kier alpha value is -3.08. The van der Waals surface area contributed by atoms with Crippen LogP contribution in [0.5, 0.6) is 5.75 Å². The summed E-state index contributed by atoms with van der Waals surface area (Å²) in [6, 6.07) is 18.2. The van der Waals surface area contributed by atoms with E-state index in [1.165, 1.54) is 5.56 Å². The van der Waals surface area contributed by atoms with Gasteiger partial charge in [-0.3, -0.25) is 9.98 Å². The Morgan fingerprint density at radius 3 is 2.67 bits per heavy atom. The molecule has 0 saturated heterocycles. The van der Waals surface area contributed by atoms with E-state index in [2.05, 4.69) is 39.7 Å². The van der Waals surface area contributed by atoms with Gasteiger partial charge in [0.2, 0.25) is 0 Å². The minimum atomic E-state index is 0.0198. The van der Waals surface area contributed by atoms with Gasteiger partial charge < -0.3 is 15.4 Å². The molecule has 0 bridgehead atoms. The monoisotopic (exact) mass is 362 g/mol. The fourth-order valence-corrected chi connectivity index (χ4v) is 2.90. The molecule has 1 heterocycles. The fraction of sp³-hybridized carbons (Fsp3) is 0.273. The lowest BCUT2D eigenvalue weighted by molar-refractivity contribution is 0.222. The van der Waals surface area contributed by atoms with Crippen LogP contribution >= 0.6 is 0 Å². The summed E-state index contributed by atoms with van der Waals surface area (Å²) in [7, 11) is 1.77. The molecule has 0 spiro atoms. The zero-order valence-electron chi connectivity index (χ0n) is 16.1. The van der Waals surface area contributed by atoms with Gasteiger partial charge in [0.25, 0.3) is 0 Å². The number of aromatic nitrogens is 1. The van der Waals surface area contributed by atoms with E-state index in [1.807, 2.05) is 55.6 Å². The highest BCUT2D eigenvalue weighted by Gasteiger charge is 2.08. The van der Waals surface area contributed by atoms with Crippen molar-refractivity contribution in [3.05, 3.63) is 71.9 Å². The molecule has 3 aromatic rings. The van der Waals surface area contributed by atoms with Crippen LogP contribution in [0.3, 0.4) is 0 Å². The molecule has 2 aromatic carbocycles. The third-order valence-electron chi connectivity index (χ3n) is 4.39. The standard InChI is InChI=1S/C22H26N4O/c1-16-8-4-7-11-21(16)27-17(2)14-25-22(23-3)26-15-18-12-13-24-20-10-6-5-9-19(18)20/h4-13,17H,14-15H2,1-3H3,(H2,23,25,26). The molecule has 1 unspecified atom stereocenters. The number of nitrogens with one attached hydrogen (secondary N) is 2. The van der Waals surface area contributed by atoms with Gasteiger partial charge in [0.15, 0.2) is 5.96 Å². The van der Waals surface area contributed by atoms with Crippen LogP contribution in [0.1, 0.15) is 18.1 Å². The molecule has 0 aliphatic heterocycles. The lowest BCUT2D eigenvalue weighted by atomic mass is 10.1. The van der Waals surface area contributed by atoms with E-state index in [0.717, 1.165) is 28.2 Å². The number of para-hydroxylation sites is 2.